The lowest BCUT2D eigenvalue weighted by molar-refractivity contribution is -0.132. The number of piperazine rings is 1. The lowest BCUT2D eigenvalue weighted by atomic mass is 10.2. The van der Waals surface area contributed by atoms with Crippen molar-refractivity contribution in [2.75, 3.05) is 32.7 Å². The second kappa shape index (κ2) is 9.89. The van der Waals surface area contributed by atoms with Crippen molar-refractivity contribution in [3.05, 3.63) is 53.4 Å². The van der Waals surface area contributed by atoms with Crippen LogP contribution in [0.5, 0.6) is 0 Å². The van der Waals surface area contributed by atoms with Crippen LogP contribution in [0.1, 0.15) is 19.6 Å². The first-order valence-electron chi connectivity index (χ1n) is 10.4. The minimum atomic E-state index is -0.259. The Labute approximate surface area is 191 Å². The first kappa shape index (κ1) is 21.9. The monoisotopic (exact) mass is 459 g/mol. The van der Waals surface area contributed by atoms with E-state index >= 15 is 0 Å². The maximum Gasteiger partial charge on any atom is 0.235 e. The highest BCUT2D eigenvalue weighted by atomic mass is 35.5. The smallest absolute Gasteiger partial charge is 0.235 e. The quantitative estimate of drug-likeness (QED) is 0.499. The summed E-state index contributed by atoms with van der Waals surface area (Å²) in [6, 6.07) is 11.3. The zero-order valence-corrected chi connectivity index (χ0v) is 19.3. The third-order valence-corrected chi connectivity index (χ3v) is 6.79. The highest BCUT2D eigenvalue weighted by molar-refractivity contribution is 8.00. The second-order valence-electron chi connectivity index (χ2n) is 7.50. The summed E-state index contributed by atoms with van der Waals surface area (Å²) in [4.78, 5) is 17.4. The molecule has 1 aromatic carbocycles. The van der Waals surface area contributed by atoms with E-state index in [0.29, 0.717) is 22.5 Å². The maximum atomic E-state index is 13.0. The Kier molecular flexibility index (Phi) is 6.99. The molecule has 1 unspecified atom stereocenters. The van der Waals surface area contributed by atoms with E-state index in [-0.39, 0.29) is 11.2 Å². The van der Waals surface area contributed by atoms with Crippen LogP contribution in [0.25, 0.3) is 11.4 Å². The van der Waals surface area contributed by atoms with Gasteiger partial charge in [-0.2, -0.15) is 0 Å². The third kappa shape index (κ3) is 5.14. The van der Waals surface area contributed by atoms with Gasteiger partial charge in [0.15, 0.2) is 11.0 Å². The minimum absolute atomic E-state index is 0.140. The molecular formula is C22H26ClN5O2S. The Hall–Kier alpha value is -2.29. The van der Waals surface area contributed by atoms with Crippen molar-refractivity contribution in [2.45, 2.75) is 30.8 Å². The Morgan fingerprint density at radius 3 is 2.55 bits per heavy atom. The van der Waals surface area contributed by atoms with E-state index in [4.69, 9.17) is 16.0 Å². The van der Waals surface area contributed by atoms with Gasteiger partial charge in [0, 0.05) is 36.8 Å². The average Bonchev–Trinajstić information content (AvgIpc) is 3.45. The van der Waals surface area contributed by atoms with Gasteiger partial charge in [-0.25, -0.2) is 0 Å². The Morgan fingerprint density at radius 1 is 1.16 bits per heavy atom. The van der Waals surface area contributed by atoms with Crippen LogP contribution in [0, 0.1) is 0 Å². The van der Waals surface area contributed by atoms with E-state index in [1.165, 1.54) is 11.8 Å². The van der Waals surface area contributed by atoms with E-state index in [1.54, 1.807) is 6.26 Å². The molecule has 1 saturated heterocycles. The number of furan rings is 1. The van der Waals surface area contributed by atoms with E-state index in [9.17, 15) is 4.79 Å². The molecule has 1 fully saturated rings. The van der Waals surface area contributed by atoms with Crippen LogP contribution in [-0.2, 0) is 11.3 Å². The molecule has 2 aromatic heterocycles. The minimum Gasteiger partial charge on any atom is -0.467 e. The van der Waals surface area contributed by atoms with Crippen LogP contribution in [0.3, 0.4) is 0 Å². The molecule has 7 nitrogen and oxygen atoms in total. The zero-order chi connectivity index (χ0) is 21.8. The van der Waals surface area contributed by atoms with Gasteiger partial charge >= 0.3 is 0 Å². The molecule has 1 amide bonds. The van der Waals surface area contributed by atoms with Crippen LogP contribution in [0.2, 0.25) is 5.02 Å². The molecule has 0 radical (unpaired) electrons. The number of hydrogen-bond acceptors (Lipinski definition) is 6. The second-order valence-corrected chi connectivity index (χ2v) is 9.24. The zero-order valence-electron chi connectivity index (χ0n) is 17.7. The summed E-state index contributed by atoms with van der Waals surface area (Å²) in [7, 11) is 0. The SMILES string of the molecule is CCN1CCN(C(=O)C(C)Sc2nnc(-c3ccc(Cl)cc3)n2Cc2ccco2)CC1. The van der Waals surface area contributed by atoms with Crippen LogP contribution >= 0.6 is 23.4 Å². The van der Waals surface area contributed by atoms with Crippen LogP contribution in [0.15, 0.2) is 52.2 Å². The number of likely N-dealkylation sites (N-methyl/N-ethyl adjacent to an activating group) is 1. The number of hydrogen-bond donors (Lipinski definition) is 0. The van der Waals surface area contributed by atoms with Crippen molar-refractivity contribution >= 4 is 29.3 Å². The van der Waals surface area contributed by atoms with Crippen LogP contribution < -0.4 is 0 Å². The van der Waals surface area contributed by atoms with Crippen molar-refractivity contribution in [3.8, 4) is 11.4 Å². The molecule has 0 saturated carbocycles. The lowest BCUT2D eigenvalue weighted by Gasteiger charge is -2.35. The normalized spacial score (nSPS) is 15.9. The van der Waals surface area contributed by atoms with Gasteiger partial charge in [0.25, 0.3) is 0 Å². The van der Waals surface area contributed by atoms with Crippen molar-refractivity contribution in [1.82, 2.24) is 24.6 Å². The van der Waals surface area contributed by atoms with E-state index in [1.807, 2.05) is 52.8 Å². The number of amides is 1. The number of halogens is 1. The molecule has 4 rings (SSSR count). The van der Waals surface area contributed by atoms with Gasteiger partial charge < -0.3 is 14.2 Å². The summed E-state index contributed by atoms with van der Waals surface area (Å²) >= 11 is 7.48. The van der Waals surface area contributed by atoms with Gasteiger partial charge in [-0.1, -0.05) is 30.3 Å². The fraction of sp³-hybridized carbons (Fsp3) is 0.409. The third-order valence-electron chi connectivity index (χ3n) is 5.47. The molecule has 1 atom stereocenters. The Morgan fingerprint density at radius 2 is 1.90 bits per heavy atom. The highest BCUT2D eigenvalue weighted by Crippen LogP contribution is 2.29. The number of rotatable bonds is 7. The van der Waals surface area contributed by atoms with Gasteiger partial charge in [-0.05, 0) is 49.9 Å². The summed E-state index contributed by atoms with van der Waals surface area (Å²) in [5.41, 5.74) is 0.907. The van der Waals surface area contributed by atoms with Crippen molar-refractivity contribution in [1.29, 1.82) is 0 Å². The topological polar surface area (TPSA) is 67.4 Å². The summed E-state index contributed by atoms with van der Waals surface area (Å²) in [6.45, 7) is 8.99. The molecule has 164 valence electrons. The summed E-state index contributed by atoms with van der Waals surface area (Å²) in [6.07, 6.45) is 1.65. The van der Waals surface area contributed by atoms with Crippen LogP contribution in [0.4, 0.5) is 0 Å². The van der Waals surface area contributed by atoms with Crippen molar-refractivity contribution in [2.24, 2.45) is 0 Å². The number of carbonyl (C=O) groups excluding carboxylic acids is 1. The maximum absolute atomic E-state index is 13.0. The fourth-order valence-electron chi connectivity index (χ4n) is 3.64. The number of aromatic nitrogens is 3. The van der Waals surface area contributed by atoms with E-state index in [0.717, 1.165) is 44.0 Å². The Bertz CT molecular complexity index is 998. The number of carbonyl (C=O) groups is 1. The average molecular weight is 460 g/mol. The molecule has 1 aliphatic rings. The molecule has 9 heteroatoms. The van der Waals surface area contributed by atoms with Gasteiger partial charge in [-0.15, -0.1) is 10.2 Å². The van der Waals surface area contributed by atoms with Crippen LogP contribution in [-0.4, -0.2) is 68.4 Å². The summed E-state index contributed by atoms with van der Waals surface area (Å²) in [5.74, 6) is 1.65. The van der Waals surface area contributed by atoms with Gasteiger partial charge in [0.05, 0.1) is 18.1 Å². The number of benzene rings is 1. The van der Waals surface area contributed by atoms with E-state index in [2.05, 4.69) is 22.0 Å². The molecule has 31 heavy (non-hydrogen) atoms. The molecule has 0 spiro atoms. The first-order chi connectivity index (χ1) is 15.0. The van der Waals surface area contributed by atoms with Gasteiger partial charge in [0.1, 0.15) is 5.76 Å². The number of thioether (sulfide) groups is 1. The predicted molar refractivity (Wildman–Crippen MR) is 122 cm³/mol. The van der Waals surface area contributed by atoms with Gasteiger partial charge in [-0.3, -0.25) is 9.36 Å². The largest absolute Gasteiger partial charge is 0.467 e. The molecule has 1 aliphatic heterocycles. The van der Waals surface area contributed by atoms with Crippen molar-refractivity contribution < 1.29 is 9.21 Å². The molecular weight excluding hydrogens is 434 g/mol. The summed E-state index contributed by atoms with van der Waals surface area (Å²) < 4.78 is 7.55. The molecule has 0 N–H and O–H groups in total. The standard InChI is InChI=1S/C22H26ClN5O2S/c1-3-26-10-12-27(13-11-26)21(29)16(2)31-22-25-24-20(17-6-8-18(23)9-7-17)28(22)15-19-5-4-14-30-19/h4-9,14,16H,3,10-13,15H2,1-2H3. The van der Waals surface area contributed by atoms with E-state index < -0.39 is 0 Å². The lowest BCUT2D eigenvalue weighted by Crippen LogP contribution is -2.50. The molecule has 3 heterocycles. The Balaban J connectivity index is 1.54. The van der Waals surface area contributed by atoms with Crippen molar-refractivity contribution in [3.63, 3.8) is 0 Å². The predicted octanol–water partition coefficient (Wildman–Crippen LogP) is 3.88. The molecule has 0 bridgehead atoms. The number of nitrogens with zero attached hydrogens (tertiary/aromatic N) is 5. The first-order valence-corrected chi connectivity index (χ1v) is 11.7. The summed E-state index contributed by atoms with van der Waals surface area (Å²) in [5, 5.41) is 9.92. The fourth-order valence-corrected chi connectivity index (χ4v) is 4.70. The molecule has 0 aliphatic carbocycles. The van der Waals surface area contributed by atoms with Gasteiger partial charge in [0.2, 0.25) is 5.91 Å². The molecule has 3 aromatic rings. The highest BCUT2D eigenvalue weighted by Gasteiger charge is 2.27.